The Hall–Kier alpha value is -3.12. The number of amides is 1. The van der Waals surface area contributed by atoms with Gasteiger partial charge in [-0.2, -0.15) is 4.80 Å². The molecule has 146 valence electrons. The SMILES string of the molecule is Cn1c(=O)c(C(N)=O)cn(Cc2nnn(C[C@H](O)c3ccc(Br)cc3)n2)c1=O. The second kappa shape index (κ2) is 7.86. The Labute approximate surface area is 166 Å². The Balaban J connectivity index is 1.80. The number of rotatable bonds is 6. The van der Waals surface area contributed by atoms with Gasteiger partial charge >= 0.3 is 5.69 Å². The Morgan fingerprint density at radius 1 is 1.29 bits per heavy atom. The topological polar surface area (TPSA) is 151 Å². The first kappa shape index (κ1) is 19.6. The van der Waals surface area contributed by atoms with Crippen LogP contribution >= 0.6 is 15.9 Å². The summed E-state index contributed by atoms with van der Waals surface area (Å²) >= 11 is 3.33. The third kappa shape index (κ3) is 4.07. The van der Waals surface area contributed by atoms with Crippen LogP contribution in [0.3, 0.4) is 0 Å². The van der Waals surface area contributed by atoms with E-state index in [0.29, 0.717) is 5.56 Å². The molecule has 0 aliphatic carbocycles. The van der Waals surface area contributed by atoms with E-state index in [1.54, 1.807) is 24.3 Å². The van der Waals surface area contributed by atoms with Crippen LogP contribution in [0, 0.1) is 0 Å². The van der Waals surface area contributed by atoms with Crippen LogP contribution in [0.1, 0.15) is 27.8 Å². The molecule has 1 aromatic carbocycles. The highest BCUT2D eigenvalue weighted by atomic mass is 79.9. The maximum Gasteiger partial charge on any atom is 0.331 e. The summed E-state index contributed by atoms with van der Waals surface area (Å²) in [5.74, 6) is -0.775. The lowest BCUT2D eigenvalue weighted by molar-refractivity contribution is 0.0997. The van der Waals surface area contributed by atoms with Gasteiger partial charge in [-0.05, 0) is 22.9 Å². The van der Waals surface area contributed by atoms with Gasteiger partial charge in [0.1, 0.15) is 11.7 Å². The van der Waals surface area contributed by atoms with Crippen molar-refractivity contribution in [3.8, 4) is 0 Å². The Kier molecular flexibility index (Phi) is 5.51. The number of carbonyl (C=O) groups is 1. The van der Waals surface area contributed by atoms with E-state index in [1.807, 2.05) is 0 Å². The van der Waals surface area contributed by atoms with Crippen molar-refractivity contribution < 1.29 is 9.90 Å². The molecule has 0 unspecified atom stereocenters. The third-order valence-electron chi connectivity index (χ3n) is 4.02. The number of aromatic nitrogens is 6. The molecule has 0 spiro atoms. The minimum atomic E-state index is -0.941. The highest BCUT2D eigenvalue weighted by Gasteiger charge is 2.16. The fourth-order valence-corrected chi connectivity index (χ4v) is 2.79. The van der Waals surface area contributed by atoms with Crippen LogP contribution in [0.15, 0.2) is 44.5 Å². The van der Waals surface area contributed by atoms with Gasteiger partial charge in [0.15, 0.2) is 5.82 Å². The van der Waals surface area contributed by atoms with Gasteiger partial charge in [0.25, 0.3) is 11.5 Å². The van der Waals surface area contributed by atoms with Gasteiger partial charge in [-0.25, -0.2) is 4.79 Å². The molecule has 3 N–H and O–H groups in total. The Bertz CT molecular complexity index is 1130. The molecule has 0 aliphatic heterocycles. The Morgan fingerprint density at radius 2 is 1.96 bits per heavy atom. The van der Waals surface area contributed by atoms with E-state index in [0.717, 1.165) is 19.8 Å². The summed E-state index contributed by atoms with van der Waals surface area (Å²) in [4.78, 5) is 36.7. The largest absolute Gasteiger partial charge is 0.386 e. The van der Waals surface area contributed by atoms with E-state index in [4.69, 9.17) is 5.73 Å². The number of tetrazole rings is 1. The smallest absolute Gasteiger partial charge is 0.331 e. The minimum Gasteiger partial charge on any atom is -0.386 e. The fourth-order valence-electron chi connectivity index (χ4n) is 2.52. The molecule has 0 radical (unpaired) electrons. The quantitative estimate of drug-likeness (QED) is 0.498. The molecule has 0 bridgehead atoms. The average Bonchev–Trinajstić information content (AvgIpc) is 3.09. The predicted octanol–water partition coefficient (Wildman–Crippen LogP) is -0.823. The summed E-state index contributed by atoms with van der Waals surface area (Å²) in [5.41, 5.74) is 4.11. The predicted molar refractivity (Wildman–Crippen MR) is 100 cm³/mol. The molecule has 0 saturated heterocycles. The number of aliphatic hydroxyl groups excluding tert-OH is 1. The molecular weight excluding hydrogens is 434 g/mol. The van der Waals surface area contributed by atoms with Gasteiger partial charge < -0.3 is 10.8 Å². The van der Waals surface area contributed by atoms with E-state index in [9.17, 15) is 19.5 Å². The number of halogens is 1. The van der Waals surface area contributed by atoms with Crippen molar-refractivity contribution in [1.82, 2.24) is 29.3 Å². The standard InChI is InChI=1S/C16H16BrN7O4/c1-22-15(27)11(14(18)26)6-23(16(22)28)8-13-19-21-24(20-13)7-12(25)9-2-4-10(17)5-3-9/h2-6,12,25H,7-8H2,1H3,(H2,18,26)/t12-/m0/s1. The number of benzene rings is 1. The summed E-state index contributed by atoms with van der Waals surface area (Å²) < 4.78 is 2.76. The van der Waals surface area contributed by atoms with Crippen molar-refractivity contribution in [2.45, 2.75) is 19.2 Å². The molecule has 0 saturated carbocycles. The summed E-state index contributed by atoms with van der Waals surface area (Å²) in [6, 6.07) is 7.15. The van der Waals surface area contributed by atoms with Crippen molar-refractivity contribution in [3.05, 3.63) is 72.7 Å². The molecule has 28 heavy (non-hydrogen) atoms. The first-order chi connectivity index (χ1) is 13.3. The number of aliphatic hydroxyl groups is 1. The lowest BCUT2D eigenvalue weighted by Crippen LogP contribution is -2.42. The first-order valence-corrected chi connectivity index (χ1v) is 8.86. The highest BCUT2D eigenvalue weighted by molar-refractivity contribution is 9.10. The van der Waals surface area contributed by atoms with E-state index >= 15 is 0 Å². The summed E-state index contributed by atoms with van der Waals surface area (Å²) in [6.07, 6.45) is 0.224. The van der Waals surface area contributed by atoms with Gasteiger partial charge in [0.2, 0.25) is 0 Å². The van der Waals surface area contributed by atoms with Crippen molar-refractivity contribution >= 4 is 21.8 Å². The summed E-state index contributed by atoms with van der Waals surface area (Å²) in [7, 11) is 1.24. The summed E-state index contributed by atoms with van der Waals surface area (Å²) in [6.45, 7) is -0.0645. The van der Waals surface area contributed by atoms with E-state index in [2.05, 4.69) is 31.3 Å². The van der Waals surface area contributed by atoms with Crippen LogP contribution in [0.5, 0.6) is 0 Å². The molecule has 1 atom stereocenters. The van der Waals surface area contributed by atoms with E-state index in [1.165, 1.54) is 11.8 Å². The van der Waals surface area contributed by atoms with Crippen molar-refractivity contribution in [1.29, 1.82) is 0 Å². The van der Waals surface area contributed by atoms with Crippen molar-refractivity contribution in [3.63, 3.8) is 0 Å². The molecular formula is C16H16BrN7O4. The van der Waals surface area contributed by atoms with Crippen LogP contribution in [0.25, 0.3) is 0 Å². The van der Waals surface area contributed by atoms with E-state index in [-0.39, 0.29) is 24.5 Å². The second-order valence-electron chi connectivity index (χ2n) is 6.01. The Morgan fingerprint density at radius 3 is 2.61 bits per heavy atom. The second-order valence-corrected chi connectivity index (χ2v) is 6.93. The van der Waals surface area contributed by atoms with Crippen LogP contribution in [-0.4, -0.2) is 40.4 Å². The van der Waals surface area contributed by atoms with Gasteiger partial charge in [0.05, 0.1) is 13.1 Å². The third-order valence-corrected chi connectivity index (χ3v) is 4.54. The maximum atomic E-state index is 12.2. The molecule has 0 aliphatic rings. The highest BCUT2D eigenvalue weighted by Crippen LogP contribution is 2.17. The van der Waals surface area contributed by atoms with Gasteiger partial charge in [-0.3, -0.25) is 18.7 Å². The monoisotopic (exact) mass is 449 g/mol. The van der Waals surface area contributed by atoms with Gasteiger partial charge in [-0.1, -0.05) is 28.1 Å². The van der Waals surface area contributed by atoms with Crippen LogP contribution in [0.2, 0.25) is 0 Å². The number of hydrogen-bond acceptors (Lipinski definition) is 7. The average molecular weight is 450 g/mol. The molecule has 12 heteroatoms. The van der Waals surface area contributed by atoms with Crippen LogP contribution < -0.4 is 17.0 Å². The summed E-state index contributed by atoms with van der Waals surface area (Å²) in [5, 5.41) is 22.1. The van der Waals surface area contributed by atoms with E-state index < -0.39 is 23.3 Å². The fraction of sp³-hybridized carbons (Fsp3) is 0.250. The van der Waals surface area contributed by atoms with Gasteiger partial charge in [0, 0.05) is 17.7 Å². The van der Waals surface area contributed by atoms with Crippen LogP contribution in [-0.2, 0) is 20.1 Å². The number of nitrogens with two attached hydrogens (primary N) is 1. The normalized spacial score (nSPS) is 12.1. The molecule has 1 amide bonds. The molecule has 11 nitrogen and oxygen atoms in total. The zero-order valence-electron chi connectivity index (χ0n) is 14.7. The number of primary amides is 1. The number of nitrogens with zero attached hydrogens (tertiary/aromatic N) is 6. The first-order valence-electron chi connectivity index (χ1n) is 8.06. The van der Waals surface area contributed by atoms with Gasteiger partial charge in [-0.15, -0.1) is 10.2 Å². The molecule has 2 heterocycles. The molecule has 0 fully saturated rings. The van der Waals surface area contributed by atoms with Crippen molar-refractivity contribution in [2.24, 2.45) is 12.8 Å². The zero-order chi connectivity index (χ0) is 20.4. The van der Waals surface area contributed by atoms with Crippen LogP contribution in [0.4, 0.5) is 0 Å². The number of carbonyl (C=O) groups excluding carboxylic acids is 1. The van der Waals surface area contributed by atoms with Crippen molar-refractivity contribution in [2.75, 3.05) is 0 Å². The maximum absolute atomic E-state index is 12.2. The zero-order valence-corrected chi connectivity index (χ0v) is 16.3. The minimum absolute atomic E-state index is 0.0589. The number of hydrogen-bond donors (Lipinski definition) is 2. The molecule has 3 aromatic rings. The lowest BCUT2D eigenvalue weighted by Gasteiger charge is -2.09. The molecule has 2 aromatic heterocycles. The lowest BCUT2D eigenvalue weighted by atomic mass is 10.1. The molecule has 3 rings (SSSR count).